The molecular formula is C17H19N3O5. The van der Waals surface area contributed by atoms with Gasteiger partial charge in [-0.25, -0.2) is 15.0 Å². The van der Waals surface area contributed by atoms with Crippen molar-refractivity contribution in [3.8, 4) is 0 Å². The van der Waals surface area contributed by atoms with Crippen LogP contribution in [0.2, 0.25) is 0 Å². The molecule has 1 aliphatic rings. The molecule has 0 saturated heterocycles. The molecule has 1 aliphatic carbocycles. The number of rotatable bonds is 6. The zero-order valence-corrected chi connectivity index (χ0v) is 13.9. The van der Waals surface area contributed by atoms with Crippen LogP contribution < -0.4 is 11.0 Å². The second-order valence-corrected chi connectivity index (χ2v) is 6.03. The highest BCUT2D eigenvalue weighted by molar-refractivity contribution is 5.94. The molecule has 3 rings (SSSR count). The second-order valence-electron chi connectivity index (χ2n) is 6.03. The summed E-state index contributed by atoms with van der Waals surface area (Å²) in [5, 5.41) is 4.86. The Balaban J connectivity index is 1.72. The summed E-state index contributed by atoms with van der Waals surface area (Å²) >= 11 is 0. The average Bonchev–Trinajstić information content (AvgIpc) is 2.58. The highest BCUT2D eigenvalue weighted by Crippen LogP contribution is 2.25. The lowest BCUT2D eigenvalue weighted by molar-refractivity contribution is -0.136. The summed E-state index contributed by atoms with van der Waals surface area (Å²) in [5.41, 5.74) is 2.13. The first-order chi connectivity index (χ1) is 12.1. The lowest BCUT2D eigenvalue weighted by Crippen LogP contribution is -2.35. The average molecular weight is 345 g/mol. The second kappa shape index (κ2) is 7.43. The van der Waals surface area contributed by atoms with Gasteiger partial charge >= 0.3 is 5.97 Å². The number of nitrogens with one attached hydrogen (secondary N) is 1. The molecule has 0 radical (unpaired) electrons. The maximum atomic E-state index is 12.5. The number of hydrogen-bond donors (Lipinski definition) is 1. The van der Waals surface area contributed by atoms with Gasteiger partial charge in [-0.05, 0) is 30.9 Å². The van der Waals surface area contributed by atoms with Gasteiger partial charge in [0.15, 0.2) is 0 Å². The van der Waals surface area contributed by atoms with Gasteiger partial charge in [0.2, 0.25) is 0 Å². The third kappa shape index (κ3) is 3.85. The van der Waals surface area contributed by atoms with E-state index in [1.165, 1.54) is 25.8 Å². The summed E-state index contributed by atoms with van der Waals surface area (Å²) in [7, 11) is 1.27. The molecular weight excluding hydrogens is 326 g/mol. The van der Waals surface area contributed by atoms with E-state index >= 15 is 0 Å². The molecule has 0 unspecified atom stereocenters. The van der Waals surface area contributed by atoms with Crippen LogP contribution in [0.1, 0.15) is 29.6 Å². The largest absolute Gasteiger partial charge is 0.465 e. The summed E-state index contributed by atoms with van der Waals surface area (Å²) in [6.07, 6.45) is 4.90. The molecule has 1 heterocycles. The quantitative estimate of drug-likeness (QED) is 0.620. The van der Waals surface area contributed by atoms with Gasteiger partial charge in [0.05, 0.1) is 30.9 Å². The third-order valence-corrected chi connectivity index (χ3v) is 4.30. The maximum absolute atomic E-state index is 12.5. The van der Waals surface area contributed by atoms with Crippen LogP contribution in [0.4, 0.5) is 0 Å². The van der Waals surface area contributed by atoms with Gasteiger partial charge in [0, 0.05) is 5.39 Å². The van der Waals surface area contributed by atoms with Gasteiger partial charge in [-0.2, -0.15) is 5.10 Å². The Morgan fingerprint density at radius 2 is 2.16 bits per heavy atom. The van der Waals surface area contributed by atoms with Crippen molar-refractivity contribution >= 4 is 22.6 Å². The fourth-order valence-electron chi connectivity index (χ4n) is 2.60. The van der Waals surface area contributed by atoms with E-state index in [0.29, 0.717) is 23.3 Å². The Kier molecular flexibility index (Phi) is 5.08. The highest BCUT2D eigenvalue weighted by Gasteiger charge is 2.18. The first-order valence-corrected chi connectivity index (χ1v) is 8.07. The van der Waals surface area contributed by atoms with Gasteiger partial charge in [-0.3, -0.25) is 14.4 Å². The van der Waals surface area contributed by atoms with Crippen LogP contribution in [0.25, 0.3) is 10.8 Å². The van der Waals surface area contributed by atoms with E-state index < -0.39 is 17.4 Å². The van der Waals surface area contributed by atoms with Crippen molar-refractivity contribution in [3.05, 3.63) is 40.3 Å². The SMILES string of the molecule is COC(=O)c1ccc2cnn(CC(=O)NOCC3CCC3)c(=O)c2c1. The molecule has 0 aliphatic heterocycles. The monoisotopic (exact) mass is 345 g/mol. The molecule has 8 nitrogen and oxygen atoms in total. The first kappa shape index (κ1) is 17.1. The summed E-state index contributed by atoms with van der Waals surface area (Å²) in [4.78, 5) is 41.2. The number of fused-ring (bicyclic) bond motifs is 1. The Labute approximate surface area is 143 Å². The molecule has 1 N–H and O–H groups in total. The third-order valence-electron chi connectivity index (χ3n) is 4.30. The molecule has 25 heavy (non-hydrogen) atoms. The molecule has 0 atom stereocenters. The minimum absolute atomic E-state index is 0.262. The van der Waals surface area contributed by atoms with E-state index in [-0.39, 0.29) is 12.1 Å². The van der Waals surface area contributed by atoms with Crippen LogP contribution in [-0.2, 0) is 20.9 Å². The molecule has 1 fully saturated rings. The molecule has 1 aromatic heterocycles. The number of nitrogens with zero attached hydrogens (tertiary/aromatic N) is 2. The van der Waals surface area contributed by atoms with E-state index in [1.54, 1.807) is 12.1 Å². The Morgan fingerprint density at radius 3 is 2.84 bits per heavy atom. The molecule has 1 aromatic carbocycles. The Hall–Kier alpha value is -2.74. The van der Waals surface area contributed by atoms with Gasteiger partial charge in [-0.15, -0.1) is 0 Å². The number of ether oxygens (including phenoxy) is 1. The fourth-order valence-corrected chi connectivity index (χ4v) is 2.60. The molecule has 0 spiro atoms. The summed E-state index contributed by atoms with van der Waals surface area (Å²) in [6, 6.07) is 4.61. The van der Waals surface area contributed by atoms with E-state index in [1.807, 2.05) is 0 Å². The number of carbonyl (C=O) groups excluding carboxylic acids is 2. The number of methoxy groups -OCH3 is 1. The number of benzene rings is 1. The van der Waals surface area contributed by atoms with Crippen molar-refractivity contribution in [1.82, 2.24) is 15.3 Å². The van der Waals surface area contributed by atoms with E-state index in [0.717, 1.165) is 17.5 Å². The summed E-state index contributed by atoms with van der Waals surface area (Å²) < 4.78 is 5.69. The van der Waals surface area contributed by atoms with Gasteiger partial charge in [0.1, 0.15) is 6.54 Å². The van der Waals surface area contributed by atoms with Crippen LogP contribution in [0.5, 0.6) is 0 Å². The molecule has 2 aromatic rings. The van der Waals surface area contributed by atoms with Crippen molar-refractivity contribution in [2.75, 3.05) is 13.7 Å². The highest BCUT2D eigenvalue weighted by atomic mass is 16.7. The Morgan fingerprint density at radius 1 is 1.36 bits per heavy atom. The maximum Gasteiger partial charge on any atom is 0.337 e. The number of esters is 1. The number of hydrogen-bond acceptors (Lipinski definition) is 6. The lowest BCUT2D eigenvalue weighted by Gasteiger charge is -2.24. The van der Waals surface area contributed by atoms with Crippen LogP contribution in [0.15, 0.2) is 29.2 Å². The Bertz CT molecular complexity index is 857. The standard InChI is InChI=1S/C17H19N3O5/c1-24-17(23)12-5-6-13-8-18-20(16(22)14(13)7-12)9-15(21)19-25-10-11-3-2-4-11/h5-8,11H,2-4,9-10H2,1H3,(H,19,21). The van der Waals surface area contributed by atoms with Crippen molar-refractivity contribution in [3.63, 3.8) is 0 Å². The number of hydroxylamine groups is 1. The zero-order valence-electron chi connectivity index (χ0n) is 13.9. The predicted octanol–water partition coefficient (Wildman–Crippen LogP) is 1.03. The van der Waals surface area contributed by atoms with Crippen LogP contribution in [-0.4, -0.2) is 35.4 Å². The fraction of sp³-hybridized carbons (Fsp3) is 0.412. The number of amides is 1. The van der Waals surface area contributed by atoms with Crippen molar-refractivity contribution in [2.24, 2.45) is 5.92 Å². The zero-order chi connectivity index (χ0) is 17.8. The molecule has 1 amide bonds. The van der Waals surface area contributed by atoms with Crippen LogP contribution in [0, 0.1) is 5.92 Å². The smallest absolute Gasteiger partial charge is 0.337 e. The van der Waals surface area contributed by atoms with E-state index in [4.69, 9.17) is 4.84 Å². The summed E-state index contributed by atoms with van der Waals surface area (Å²) in [6.45, 7) is 0.218. The minimum Gasteiger partial charge on any atom is -0.465 e. The molecule has 8 heteroatoms. The minimum atomic E-state index is -0.535. The van der Waals surface area contributed by atoms with Gasteiger partial charge < -0.3 is 4.74 Å². The van der Waals surface area contributed by atoms with E-state index in [9.17, 15) is 14.4 Å². The van der Waals surface area contributed by atoms with Gasteiger partial charge in [-0.1, -0.05) is 12.5 Å². The first-order valence-electron chi connectivity index (χ1n) is 8.07. The predicted molar refractivity (Wildman–Crippen MR) is 88.8 cm³/mol. The molecule has 1 saturated carbocycles. The summed E-state index contributed by atoms with van der Waals surface area (Å²) in [5.74, 6) is -0.497. The topological polar surface area (TPSA) is 99.5 Å². The number of carbonyl (C=O) groups is 2. The molecule has 132 valence electrons. The van der Waals surface area contributed by atoms with Crippen LogP contribution in [0.3, 0.4) is 0 Å². The lowest BCUT2D eigenvalue weighted by atomic mass is 9.86. The van der Waals surface area contributed by atoms with Crippen molar-refractivity contribution in [2.45, 2.75) is 25.8 Å². The number of aromatic nitrogens is 2. The van der Waals surface area contributed by atoms with E-state index in [2.05, 4.69) is 15.3 Å². The molecule has 0 bridgehead atoms. The van der Waals surface area contributed by atoms with Crippen molar-refractivity contribution < 1.29 is 19.2 Å². The normalized spacial score (nSPS) is 14.1. The van der Waals surface area contributed by atoms with Gasteiger partial charge in [0.25, 0.3) is 11.5 Å². The van der Waals surface area contributed by atoms with Crippen LogP contribution >= 0.6 is 0 Å². The van der Waals surface area contributed by atoms with Crippen molar-refractivity contribution in [1.29, 1.82) is 0 Å².